The van der Waals surface area contributed by atoms with Gasteiger partial charge in [0.25, 0.3) is 0 Å². The van der Waals surface area contributed by atoms with Crippen LogP contribution in [0.5, 0.6) is 0 Å². The monoisotopic (exact) mass is 254 g/mol. The van der Waals surface area contributed by atoms with Crippen molar-refractivity contribution < 1.29 is 4.79 Å². The highest BCUT2D eigenvalue weighted by Crippen LogP contribution is 2.37. The van der Waals surface area contributed by atoms with Crippen LogP contribution in [0.3, 0.4) is 0 Å². The normalized spacial score (nSPS) is 20.4. The summed E-state index contributed by atoms with van der Waals surface area (Å²) in [7, 11) is 1.83. The van der Waals surface area contributed by atoms with E-state index in [1.807, 2.05) is 20.2 Å². The lowest BCUT2D eigenvalue weighted by atomic mass is 9.74. The molecule has 1 atom stereocenters. The molecule has 1 saturated carbocycles. The summed E-state index contributed by atoms with van der Waals surface area (Å²) in [4.78, 5) is 14.2. The number of hydrogen-bond acceptors (Lipinski definition) is 3. The van der Waals surface area contributed by atoms with Gasteiger partial charge >= 0.3 is 0 Å². The zero-order chi connectivity index (χ0) is 12.9. The molecule has 1 aliphatic rings. The van der Waals surface area contributed by atoms with Gasteiger partial charge in [-0.15, -0.1) is 0 Å². The third-order valence-corrected chi connectivity index (χ3v) is 4.54. The van der Waals surface area contributed by atoms with Crippen LogP contribution < -0.4 is 0 Å². The molecule has 1 fully saturated rings. The smallest absolute Gasteiger partial charge is 0.243 e. The van der Waals surface area contributed by atoms with Gasteiger partial charge in [-0.3, -0.25) is 4.79 Å². The maximum atomic E-state index is 12.5. The second-order valence-electron chi connectivity index (χ2n) is 4.97. The number of thioether (sulfide) groups is 1. The molecule has 0 saturated heterocycles. The number of amides is 1. The number of carbonyl (C=O) groups excluding carboxylic acids is 1. The number of nitriles is 1. The van der Waals surface area contributed by atoms with Crippen molar-refractivity contribution in [3.05, 3.63) is 0 Å². The molecule has 0 aromatic carbocycles. The van der Waals surface area contributed by atoms with Gasteiger partial charge in [0, 0.05) is 18.8 Å². The van der Waals surface area contributed by atoms with Crippen molar-refractivity contribution in [3.8, 4) is 6.07 Å². The number of hydrogen-bond donors (Lipinski definition) is 0. The van der Waals surface area contributed by atoms with Crippen molar-refractivity contribution in [1.29, 1.82) is 5.26 Å². The fraction of sp³-hybridized carbons (Fsp3) is 0.846. The second-order valence-corrected chi connectivity index (χ2v) is 5.89. The van der Waals surface area contributed by atoms with Crippen LogP contribution in [0.25, 0.3) is 0 Å². The first kappa shape index (κ1) is 14.4. The molecule has 17 heavy (non-hydrogen) atoms. The van der Waals surface area contributed by atoms with E-state index in [-0.39, 0.29) is 11.9 Å². The lowest BCUT2D eigenvalue weighted by molar-refractivity contribution is -0.140. The standard InChI is InChI=1S/C13H22N2OS/c1-11(9-17-3)15(2)12(16)13(10-14)7-5-4-6-8-13/h11H,4-9H2,1-3H3. The van der Waals surface area contributed by atoms with Crippen LogP contribution in [-0.4, -0.2) is 35.9 Å². The predicted molar refractivity (Wildman–Crippen MR) is 71.7 cm³/mol. The van der Waals surface area contributed by atoms with E-state index < -0.39 is 5.41 Å². The van der Waals surface area contributed by atoms with E-state index in [4.69, 9.17) is 0 Å². The highest BCUT2D eigenvalue weighted by molar-refractivity contribution is 7.98. The van der Waals surface area contributed by atoms with E-state index in [0.29, 0.717) is 0 Å². The molecule has 0 spiro atoms. The van der Waals surface area contributed by atoms with Crippen LogP contribution in [0.15, 0.2) is 0 Å². The SMILES string of the molecule is CSCC(C)N(C)C(=O)C1(C#N)CCCCC1. The van der Waals surface area contributed by atoms with E-state index in [9.17, 15) is 10.1 Å². The van der Waals surface area contributed by atoms with Crippen molar-refractivity contribution in [1.82, 2.24) is 4.90 Å². The molecule has 1 unspecified atom stereocenters. The molecule has 1 rings (SSSR count). The van der Waals surface area contributed by atoms with E-state index in [0.717, 1.165) is 37.9 Å². The van der Waals surface area contributed by atoms with Gasteiger partial charge in [0.15, 0.2) is 0 Å². The van der Waals surface area contributed by atoms with Crippen molar-refractivity contribution in [2.24, 2.45) is 5.41 Å². The summed E-state index contributed by atoms with van der Waals surface area (Å²) in [6.07, 6.45) is 6.67. The van der Waals surface area contributed by atoms with E-state index >= 15 is 0 Å². The Hall–Kier alpha value is -0.690. The van der Waals surface area contributed by atoms with Crippen LogP contribution in [0.4, 0.5) is 0 Å². The summed E-state index contributed by atoms with van der Waals surface area (Å²) in [5.41, 5.74) is -0.736. The summed E-state index contributed by atoms with van der Waals surface area (Å²) < 4.78 is 0. The Labute approximate surface area is 109 Å². The van der Waals surface area contributed by atoms with Gasteiger partial charge in [-0.25, -0.2) is 0 Å². The minimum absolute atomic E-state index is 0.0289. The van der Waals surface area contributed by atoms with E-state index in [1.165, 1.54) is 0 Å². The quantitative estimate of drug-likeness (QED) is 0.774. The number of rotatable bonds is 4. The van der Waals surface area contributed by atoms with Crippen LogP contribution in [0.1, 0.15) is 39.0 Å². The Balaban J connectivity index is 2.75. The molecule has 3 nitrogen and oxygen atoms in total. The number of carbonyl (C=O) groups is 1. The van der Waals surface area contributed by atoms with Gasteiger partial charge < -0.3 is 4.90 Å². The Morgan fingerprint density at radius 2 is 2.06 bits per heavy atom. The topological polar surface area (TPSA) is 44.1 Å². The zero-order valence-corrected chi connectivity index (χ0v) is 11.8. The first-order valence-corrected chi connectivity index (χ1v) is 7.64. The van der Waals surface area contributed by atoms with E-state index in [2.05, 4.69) is 6.07 Å². The van der Waals surface area contributed by atoms with Gasteiger partial charge in [0.1, 0.15) is 5.41 Å². The molecule has 0 bridgehead atoms. The molecular weight excluding hydrogens is 232 g/mol. The van der Waals surface area contributed by atoms with Gasteiger partial charge in [-0.1, -0.05) is 19.3 Å². The molecule has 1 amide bonds. The van der Waals surface area contributed by atoms with Crippen molar-refractivity contribution in [3.63, 3.8) is 0 Å². The summed E-state index contributed by atoms with van der Waals surface area (Å²) in [5, 5.41) is 9.37. The van der Waals surface area contributed by atoms with Gasteiger partial charge in [0.05, 0.1) is 6.07 Å². The maximum Gasteiger partial charge on any atom is 0.243 e. The molecular formula is C13H22N2OS. The first-order chi connectivity index (χ1) is 8.07. The highest BCUT2D eigenvalue weighted by Gasteiger charge is 2.42. The largest absolute Gasteiger partial charge is 0.341 e. The highest BCUT2D eigenvalue weighted by atomic mass is 32.2. The molecule has 0 aromatic heterocycles. The molecule has 96 valence electrons. The summed E-state index contributed by atoms with van der Waals surface area (Å²) in [6.45, 7) is 2.04. The predicted octanol–water partition coefficient (Wildman–Crippen LogP) is 2.67. The zero-order valence-electron chi connectivity index (χ0n) is 11.0. The third kappa shape index (κ3) is 3.16. The molecule has 0 aromatic rings. The minimum atomic E-state index is -0.736. The molecule has 0 aliphatic heterocycles. The average molecular weight is 254 g/mol. The summed E-state index contributed by atoms with van der Waals surface area (Å²) in [5.74, 6) is 0.949. The average Bonchev–Trinajstić information content (AvgIpc) is 2.38. The van der Waals surface area contributed by atoms with Crippen LogP contribution >= 0.6 is 11.8 Å². The Morgan fingerprint density at radius 1 is 1.47 bits per heavy atom. The van der Waals surface area contributed by atoms with Gasteiger partial charge in [-0.2, -0.15) is 17.0 Å². The molecule has 4 heteroatoms. The molecule has 0 N–H and O–H groups in total. The molecule has 1 aliphatic carbocycles. The number of nitrogens with zero attached hydrogens (tertiary/aromatic N) is 2. The maximum absolute atomic E-state index is 12.5. The van der Waals surface area contributed by atoms with Crippen LogP contribution in [0, 0.1) is 16.7 Å². The summed E-state index contributed by atoms with van der Waals surface area (Å²) >= 11 is 1.73. The van der Waals surface area contributed by atoms with Crippen molar-refractivity contribution in [2.75, 3.05) is 19.1 Å². The lowest BCUT2D eigenvalue weighted by Crippen LogP contribution is -2.46. The Kier molecular flexibility index (Phi) is 5.32. The van der Waals surface area contributed by atoms with E-state index in [1.54, 1.807) is 16.7 Å². The van der Waals surface area contributed by atoms with Crippen LogP contribution in [0.2, 0.25) is 0 Å². The third-order valence-electron chi connectivity index (χ3n) is 3.72. The van der Waals surface area contributed by atoms with Gasteiger partial charge in [0.2, 0.25) is 5.91 Å². The minimum Gasteiger partial charge on any atom is -0.341 e. The fourth-order valence-electron chi connectivity index (χ4n) is 2.42. The van der Waals surface area contributed by atoms with Crippen molar-refractivity contribution >= 4 is 17.7 Å². The first-order valence-electron chi connectivity index (χ1n) is 6.25. The Bertz CT molecular complexity index is 305. The fourth-order valence-corrected chi connectivity index (χ4v) is 3.13. The summed E-state index contributed by atoms with van der Waals surface area (Å²) in [6, 6.07) is 2.50. The lowest BCUT2D eigenvalue weighted by Gasteiger charge is -2.35. The van der Waals surface area contributed by atoms with Crippen LogP contribution in [-0.2, 0) is 4.79 Å². The Morgan fingerprint density at radius 3 is 2.53 bits per heavy atom. The van der Waals surface area contributed by atoms with Crippen molar-refractivity contribution in [2.45, 2.75) is 45.1 Å². The second kappa shape index (κ2) is 6.30. The molecule has 0 heterocycles. The molecule has 0 radical (unpaired) electrons. The van der Waals surface area contributed by atoms with Gasteiger partial charge in [-0.05, 0) is 26.0 Å².